The zero-order chi connectivity index (χ0) is 19.7. The second-order valence-electron chi connectivity index (χ2n) is 6.97. The molecule has 2 aromatic heterocycles. The van der Waals surface area contributed by atoms with E-state index in [4.69, 9.17) is 0 Å². The number of aryl methyl sites for hydroxylation is 2. The van der Waals surface area contributed by atoms with Gasteiger partial charge in [0.1, 0.15) is 11.6 Å². The van der Waals surface area contributed by atoms with Crippen molar-refractivity contribution in [1.29, 1.82) is 0 Å². The van der Waals surface area contributed by atoms with Gasteiger partial charge in [-0.15, -0.1) is 0 Å². The summed E-state index contributed by atoms with van der Waals surface area (Å²) in [6.45, 7) is 4.88. The summed E-state index contributed by atoms with van der Waals surface area (Å²) in [5.41, 5.74) is 1.43. The van der Waals surface area contributed by atoms with E-state index in [1.165, 1.54) is 0 Å². The molecule has 0 aliphatic carbocycles. The number of hydrogen-bond acceptors (Lipinski definition) is 4. The zero-order valence-electron chi connectivity index (χ0n) is 16.1. The van der Waals surface area contributed by atoms with Gasteiger partial charge in [-0.05, 0) is 51.0 Å². The van der Waals surface area contributed by atoms with Gasteiger partial charge in [0, 0.05) is 13.1 Å². The van der Waals surface area contributed by atoms with Crippen molar-refractivity contribution in [1.82, 2.24) is 19.1 Å². The Hall–Kier alpha value is -3.28. The molecule has 0 saturated carbocycles. The zero-order valence-corrected chi connectivity index (χ0v) is 16.1. The fourth-order valence-corrected chi connectivity index (χ4v) is 3.62. The maximum Gasteiger partial charge on any atom is 0.261 e. The van der Waals surface area contributed by atoms with Gasteiger partial charge in [-0.3, -0.25) is 18.7 Å². The van der Waals surface area contributed by atoms with E-state index in [0.717, 1.165) is 23.9 Å². The lowest BCUT2D eigenvalue weighted by molar-refractivity contribution is 0.519. The summed E-state index contributed by atoms with van der Waals surface area (Å²) in [5.74, 6) is 1.42. The number of para-hydroxylation sites is 2. The van der Waals surface area contributed by atoms with Crippen LogP contribution in [-0.2, 0) is 13.1 Å². The first-order valence-corrected chi connectivity index (χ1v) is 9.48. The Bertz CT molecular complexity index is 1190. The number of fused-ring (bicyclic) bond motifs is 2. The molecule has 0 spiro atoms. The summed E-state index contributed by atoms with van der Waals surface area (Å²) in [6.07, 6.45) is 1.55. The average Bonchev–Trinajstić information content (AvgIpc) is 2.69. The first-order valence-electron chi connectivity index (χ1n) is 9.48. The number of unbranched alkanes of at least 4 members (excludes halogenated alkanes) is 1. The van der Waals surface area contributed by atoms with Gasteiger partial charge < -0.3 is 0 Å². The third-order valence-electron chi connectivity index (χ3n) is 5.12. The van der Waals surface area contributed by atoms with Crippen LogP contribution >= 0.6 is 0 Å². The van der Waals surface area contributed by atoms with Gasteiger partial charge in [0.25, 0.3) is 11.1 Å². The van der Waals surface area contributed by atoms with E-state index in [1.54, 1.807) is 9.13 Å². The molecule has 0 N–H and O–H groups in total. The normalized spacial score (nSPS) is 11.4. The molecule has 0 amide bonds. The molecule has 0 radical (unpaired) electrons. The minimum Gasteiger partial charge on any atom is -0.296 e. The summed E-state index contributed by atoms with van der Waals surface area (Å²) in [5, 5.41) is 1.28. The molecule has 0 saturated heterocycles. The number of hydrogen-bond donors (Lipinski definition) is 0. The Balaban J connectivity index is 1.52. The monoisotopic (exact) mass is 374 g/mol. The largest absolute Gasteiger partial charge is 0.296 e. The van der Waals surface area contributed by atoms with Crippen LogP contribution in [0.3, 0.4) is 0 Å². The van der Waals surface area contributed by atoms with E-state index >= 15 is 0 Å². The van der Waals surface area contributed by atoms with E-state index in [0.29, 0.717) is 35.5 Å². The molecule has 6 nitrogen and oxygen atoms in total. The smallest absolute Gasteiger partial charge is 0.261 e. The molecular weight excluding hydrogens is 352 g/mol. The molecule has 0 unspecified atom stereocenters. The van der Waals surface area contributed by atoms with Crippen LogP contribution in [0.4, 0.5) is 0 Å². The predicted molar refractivity (Wildman–Crippen MR) is 111 cm³/mol. The summed E-state index contributed by atoms with van der Waals surface area (Å²) in [6, 6.07) is 14.8. The fraction of sp³-hybridized carbons (Fsp3) is 0.273. The van der Waals surface area contributed by atoms with E-state index in [1.807, 2.05) is 62.4 Å². The van der Waals surface area contributed by atoms with Crippen molar-refractivity contribution >= 4 is 21.8 Å². The van der Waals surface area contributed by atoms with E-state index in [9.17, 15) is 9.59 Å². The molecular formula is C22H22N4O2. The van der Waals surface area contributed by atoms with Crippen LogP contribution in [0.1, 0.15) is 24.5 Å². The molecule has 2 aromatic carbocycles. The second kappa shape index (κ2) is 7.38. The van der Waals surface area contributed by atoms with Crippen LogP contribution in [0.15, 0.2) is 58.1 Å². The first kappa shape index (κ1) is 18.1. The van der Waals surface area contributed by atoms with Crippen molar-refractivity contribution in [3.05, 3.63) is 80.9 Å². The maximum absolute atomic E-state index is 12.7. The first-order chi connectivity index (χ1) is 13.6. The Kier molecular flexibility index (Phi) is 4.77. The van der Waals surface area contributed by atoms with Crippen molar-refractivity contribution in [3.8, 4) is 0 Å². The van der Waals surface area contributed by atoms with E-state index < -0.39 is 0 Å². The summed E-state index contributed by atoms with van der Waals surface area (Å²) in [7, 11) is 0. The number of aromatic nitrogens is 4. The average molecular weight is 374 g/mol. The van der Waals surface area contributed by atoms with Gasteiger partial charge in [-0.1, -0.05) is 24.3 Å². The van der Waals surface area contributed by atoms with Crippen molar-refractivity contribution in [2.24, 2.45) is 0 Å². The standard InChI is InChI=1S/C22H22N4O2/c1-15-23-19-11-5-3-9-17(19)21(27)25(15)13-7-8-14-26-16(2)24-20-12-6-4-10-18(20)22(26)28/h3-6,9-12H,7-8,13-14H2,1-2H3. The van der Waals surface area contributed by atoms with Gasteiger partial charge in [-0.2, -0.15) is 0 Å². The lowest BCUT2D eigenvalue weighted by Gasteiger charge is -2.12. The minimum absolute atomic E-state index is 0.0104. The molecule has 0 aliphatic heterocycles. The number of nitrogens with zero attached hydrogens (tertiary/aromatic N) is 4. The predicted octanol–water partition coefficient (Wildman–Crippen LogP) is 3.20. The van der Waals surface area contributed by atoms with Crippen molar-refractivity contribution in [3.63, 3.8) is 0 Å². The molecule has 4 rings (SSSR count). The molecule has 0 atom stereocenters. The second-order valence-corrected chi connectivity index (χ2v) is 6.97. The molecule has 0 aliphatic rings. The molecule has 4 aromatic rings. The molecule has 2 heterocycles. The highest BCUT2D eigenvalue weighted by molar-refractivity contribution is 5.77. The molecule has 0 fully saturated rings. The topological polar surface area (TPSA) is 69.8 Å². The highest BCUT2D eigenvalue weighted by Crippen LogP contribution is 2.10. The Morgan fingerprint density at radius 1 is 0.679 bits per heavy atom. The lowest BCUT2D eigenvalue weighted by atomic mass is 10.2. The third kappa shape index (κ3) is 3.22. The Labute approximate surface area is 162 Å². The third-order valence-corrected chi connectivity index (χ3v) is 5.12. The minimum atomic E-state index is -0.0104. The van der Waals surface area contributed by atoms with Crippen LogP contribution in [0, 0.1) is 13.8 Å². The van der Waals surface area contributed by atoms with Gasteiger partial charge >= 0.3 is 0 Å². The SMILES string of the molecule is Cc1nc2ccccc2c(=O)n1CCCCn1c(C)nc2ccccc2c1=O. The Morgan fingerprint density at radius 3 is 1.50 bits per heavy atom. The Morgan fingerprint density at radius 2 is 1.07 bits per heavy atom. The fourth-order valence-electron chi connectivity index (χ4n) is 3.62. The highest BCUT2D eigenvalue weighted by Gasteiger charge is 2.09. The summed E-state index contributed by atoms with van der Waals surface area (Å²) in [4.78, 5) is 34.5. The van der Waals surface area contributed by atoms with Gasteiger partial charge in [0.2, 0.25) is 0 Å². The van der Waals surface area contributed by atoms with Crippen LogP contribution in [0.5, 0.6) is 0 Å². The summed E-state index contributed by atoms with van der Waals surface area (Å²) >= 11 is 0. The van der Waals surface area contributed by atoms with Crippen LogP contribution in [0.2, 0.25) is 0 Å². The van der Waals surface area contributed by atoms with Crippen molar-refractivity contribution < 1.29 is 0 Å². The quantitative estimate of drug-likeness (QED) is 0.503. The van der Waals surface area contributed by atoms with Gasteiger partial charge in [-0.25, -0.2) is 9.97 Å². The number of benzene rings is 2. The van der Waals surface area contributed by atoms with Crippen LogP contribution in [0.25, 0.3) is 21.8 Å². The lowest BCUT2D eigenvalue weighted by Crippen LogP contribution is -2.26. The van der Waals surface area contributed by atoms with Crippen molar-refractivity contribution in [2.75, 3.05) is 0 Å². The molecule has 6 heteroatoms. The van der Waals surface area contributed by atoms with Gasteiger partial charge in [0.05, 0.1) is 21.8 Å². The van der Waals surface area contributed by atoms with Gasteiger partial charge in [0.15, 0.2) is 0 Å². The highest BCUT2D eigenvalue weighted by atomic mass is 16.1. The van der Waals surface area contributed by atoms with E-state index in [2.05, 4.69) is 9.97 Å². The maximum atomic E-state index is 12.7. The van der Waals surface area contributed by atoms with Crippen molar-refractivity contribution in [2.45, 2.75) is 39.8 Å². The molecule has 0 bridgehead atoms. The molecule has 28 heavy (non-hydrogen) atoms. The van der Waals surface area contributed by atoms with Crippen LogP contribution in [-0.4, -0.2) is 19.1 Å². The molecule has 142 valence electrons. The van der Waals surface area contributed by atoms with E-state index in [-0.39, 0.29) is 11.1 Å². The van der Waals surface area contributed by atoms with Crippen LogP contribution < -0.4 is 11.1 Å². The number of rotatable bonds is 5. The summed E-state index contributed by atoms with van der Waals surface area (Å²) < 4.78 is 3.44.